The quantitative estimate of drug-likeness (QED) is 0.782. The van der Waals surface area contributed by atoms with E-state index in [0.29, 0.717) is 23.6 Å². The molecule has 1 unspecified atom stereocenters. The van der Waals surface area contributed by atoms with Crippen molar-refractivity contribution >= 4 is 23.5 Å². The molecule has 7 nitrogen and oxygen atoms in total. The molecule has 0 radical (unpaired) electrons. The van der Waals surface area contributed by atoms with Crippen LogP contribution in [0.15, 0.2) is 12.1 Å². The van der Waals surface area contributed by atoms with Gasteiger partial charge in [0.05, 0.1) is 0 Å². The molecule has 1 aromatic heterocycles. The topological polar surface area (TPSA) is 91.4 Å². The maximum absolute atomic E-state index is 12.5. The molecule has 1 atom stereocenters. The number of nitrogens with zero attached hydrogens (tertiary/aromatic N) is 2. The molecular formula is C14H18N4O3. The van der Waals surface area contributed by atoms with Crippen LogP contribution >= 0.6 is 0 Å². The Morgan fingerprint density at radius 1 is 1.48 bits per heavy atom. The SMILES string of the molecule is CCNc1cc(C(=O)N2CC(=O)NC(=O)C2C)cc(C)n1. The molecular weight excluding hydrogens is 272 g/mol. The molecule has 2 N–H and O–H groups in total. The molecule has 0 saturated carbocycles. The fraction of sp³-hybridized carbons (Fsp3) is 0.429. The minimum absolute atomic E-state index is 0.121. The van der Waals surface area contributed by atoms with E-state index in [4.69, 9.17) is 0 Å². The molecule has 2 rings (SSSR count). The molecule has 1 saturated heterocycles. The number of amides is 3. The number of imide groups is 1. The normalized spacial score (nSPS) is 18.4. The van der Waals surface area contributed by atoms with Crippen LogP contribution in [0.5, 0.6) is 0 Å². The minimum Gasteiger partial charge on any atom is -0.370 e. The molecule has 2 heterocycles. The summed E-state index contributed by atoms with van der Waals surface area (Å²) in [4.78, 5) is 41.2. The zero-order valence-corrected chi connectivity index (χ0v) is 12.3. The zero-order chi connectivity index (χ0) is 15.6. The van der Waals surface area contributed by atoms with E-state index >= 15 is 0 Å². The fourth-order valence-corrected chi connectivity index (χ4v) is 2.19. The Labute approximate surface area is 122 Å². The lowest BCUT2D eigenvalue weighted by Crippen LogP contribution is -2.58. The highest BCUT2D eigenvalue weighted by Crippen LogP contribution is 2.15. The summed E-state index contributed by atoms with van der Waals surface area (Å²) in [5, 5.41) is 5.26. The monoisotopic (exact) mass is 290 g/mol. The predicted molar refractivity (Wildman–Crippen MR) is 76.8 cm³/mol. The van der Waals surface area contributed by atoms with Crippen LogP contribution in [0.4, 0.5) is 5.82 Å². The molecule has 0 bridgehead atoms. The first-order valence-electron chi connectivity index (χ1n) is 6.79. The van der Waals surface area contributed by atoms with Crippen LogP contribution in [0.3, 0.4) is 0 Å². The lowest BCUT2D eigenvalue weighted by molar-refractivity contribution is -0.138. The number of aromatic nitrogens is 1. The summed E-state index contributed by atoms with van der Waals surface area (Å²) in [6, 6.07) is 2.60. The number of rotatable bonds is 3. The molecule has 112 valence electrons. The van der Waals surface area contributed by atoms with E-state index in [0.717, 1.165) is 0 Å². The van der Waals surface area contributed by atoms with Crippen LogP contribution in [0.2, 0.25) is 0 Å². The number of anilines is 1. The van der Waals surface area contributed by atoms with Gasteiger partial charge in [-0.15, -0.1) is 0 Å². The van der Waals surface area contributed by atoms with Crippen LogP contribution in [0.1, 0.15) is 29.9 Å². The van der Waals surface area contributed by atoms with Crippen LogP contribution in [-0.2, 0) is 9.59 Å². The summed E-state index contributed by atoms with van der Waals surface area (Å²) in [6.45, 7) is 5.88. The average molecular weight is 290 g/mol. The van der Waals surface area contributed by atoms with Crippen molar-refractivity contribution in [1.29, 1.82) is 0 Å². The molecule has 1 aliphatic heterocycles. The molecule has 21 heavy (non-hydrogen) atoms. The Kier molecular flexibility index (Phi) is 4.21. The van der Waals surface area contributed by atoms with Gasteiger partial charge in [0.2, 0.25) is 11.8 Å². The second-order valence-corrected chi connectivity index (χ2v) is 4.93. The van der Waals surface area contributed by atoms with Crippen molar-refractivity contribution in [1.82, 2.24) is 15.2 Å². The van der Waals surface area contributed by atoms with E-state index < -0.39 is 17.9 Å². The minimum atomic E-state index is -0.675. The van der Waals surface area contributed by atoms with Gasteiger partial charge in [0, 0.05) is 17.8 Å². The number of nitrogens with one attached hydrogen (secondary N) is 2. The van der Waals surface area contributed by atoms with Gasteiger partial charge < -0.3 is 10.2 Å². The second kappa shape index (κ2) is 5.90. The van der Waals surface area contributed by atoms with Crippen molar-refractivity contribution in [2.45, 2.75) is 26.8 Å². The van der Waals surface area contributed by atoms with E-state index in [9.17, 15) is 14.4 Å². The largest absolute Gasteiger partial charge is 0.370 e. The summed E-state index contributed by atoms with van der Waals surface area (Å²) < 4.78 is 0. The van der Waals surface area contributed by atoms with Gasteiger partial charge in [-0.25, -0.2) is 4.98 Å². The molecule has 0 aromatic carbocycles. The smallest absolute Gasteiger partial charge is 0.255 e. The van der Waals surface area contributed by atoms with Crippen molar-refractivity contribution in [3.05, 3.63) is 23.4 Å². The Morgan fingerprint density at radius 2 is 2.19 bits per heavy atom. The Bertz CT molecular complexity index is 600. The van der Waals surface area contributed by atoms with Gasteiger partial charge in [0.1, 0.15) is 18.4 Å². The highest BCUT2D eigenvalue weighted by Gasteiger charge is 2.34. The summed E-state index contributed by atoms with van der Waals surface area (Å²) in [5.74, 6) is -0.682. The maximum Gasteiger partial charge on any atom is 0.255 e. The zero-order valence-electron chi connectivity index (χ0n) is 12.3. The lowest BCUT2D eigenvalue weighted by Gasteiger charge is -2.31. The number of carbonyl (C=O) groups excluding carboxylic acids is 3. The number of hydrogen-bond acceptors (Lipinski definition) is 5. The van der Waals surface area contributed by atoms with Gasteiger partial charge in [-0.05, 0) is 32.9 Å². The van der Waals surface area contributed by atoms with Crippen molar-refractivity contribution in [3.8, 4) is 0 Å². The highest BCUT2D eigenvalue weighted by molar-refractivity contribution is 6.07. The standard InChI is InChI=1S/C14H18N4O3/c1-4-15-11-6-10(5-8(2)16-11)14(21)18-7-12(19)17-13(20)9(18)3/h5-6,9H,4,7H2,1-3H3,(H,15,16)(H,17,19,20). The highest BCUT2D eigenvalue weighted by atomic mass is 16.2. The molecule has 0 spiro atoms. The van der Waals surface area contributed by atoms with E-state index in [2.05, 4.69) is 15.6 Å². The van der Waals surface area contributed by atoms with E-state index in [1.54, 1.807) is 26.0 Å². The van der Waals surface area contributed by atoms with Crippen LogP contribution in [0, 0.1) is 6.92 Å². The summed E-state index contributed by atoms with van der Waals surface area (Å²) >= 11 is 0. The van der Waals surface area contributed by atoms with Crippen LogP contribution in [0.25, 0.3) is 0 Å². The number of pyridine rings is 1. The third-order valence-corrected chi connectivity index (χ3v) is 3.24. The molecule has 0 aliphatic carbocycles. The molecule has 3 amide bonds. The second-order valence-electron chi connectivity index (χ2n) is 4.93. The van der Waals surface area contributed by atoms with Crippen molar-refractivity contribution in [2.24, 2.45) is 0 Å². The third-order valence-electron chi connectivity index (χ3n) is 3.24. The van der Waals surface area contributed by atoms with Crippen molar-refractivity contribution in [3.63, 3.8) is 0 Å². The Hall–Kier alpha value is -2.44. The first kappa shape index (κ1) is 15.0. The Morgan fingerprint density at radius 3 is 2.86 bits per heavy atom. The van der Waals surface area contributed by atoms with E-state index in [1.165, 1.54) is 4.90 Å². The number of hydrogen-bond donors (Lipinski definition) is 2. The van der Waals surface area contributed by atoms with Gasteiger partial charge in [0.25, 0.3) is 5.91 Å². The Balaban J connectivity index is 2.30. The predicted octanol–water partition coefficient (Wildman–Crippen LogP) is 0.309. The average Bonchev–Trinajstić information content (AvgIpc) is 2.41. The van der Waals surface area contributed by atoms with E-state index in [-0.39, 0.29) is 12.5 Å². The molecule has 7 heteroatoms. The summed E-state index contributed by atoms with van der Waals surface area (Å²) in [5.41, 5.74) is 1.10. The first-order valence-corrected chi connectivity index (χ1v) is 6.79. The van der Waals surface area contributed by atoms with Gasteiger partial charge in [-0.2, -0.15) is 0 Å². The maximum atomic E-state index is 12.5. The van der Waals surface area contributed by atoms with Crippen molar-refractivity contribution < 1.29 is 14.4 Å². The number of piperazine rings is 1. The van der Waals surface area contributed by atoms with Crippen LogP contribution < -0.4 is 10.6 Å². The third kappa shape index (κ3) is 3.18. The number of carbonyl (C=O) groups is 3. The number of aryl methyl sites for hydroxylation is 1. The first-order chi connectivity index (χ1) is 9.92. The summed E-state index contributed by atoms with van der Waals surface area (Å²) in [7, 11) is 0. The molecule has 1 aliphatic rings. The summed E-state index contributed by atoms with van der Waals surface area (Å²) in [6.07, 6.45) is 0. The van der Waals surface area contributed by atoms with Gasteiger partial charge in [0.15, 0.2) is 0 Å². The lowest BCUT2D eigenvalue weighted by atomic mass is 10.1. The van der Waals surface area contributed by atoms with E-state index in [1.807, 2.05) is 6.92 Å². The molecule has 1 aromatic rings. The molecule has 1 fully saturated rings. The fourth-order valence-electron chi connectivity index (χ4n) is 2.19. The van der Waals surface area contributed by atoms with Gasteiger partial charge in [-0.1, -0.05) is 0 Å². The van der Waals surface area contributed by atoms with Gasteiger partial charge in [-0.3, -0.25) is 19.7 Å². The van der Waals surface area contributed by atoms with Gasteiger partial charge >= 0.3 is 0 Å². The van der Waals surface area contributed by atoms with Crippen LogP contribution in [-0.4, -0.2) is 46.7 Å². The van der Waals surface area contributed by atoms with Crippen molar-refractivity contribution in [2.75, 3.05) is 18.4 Å².